The molecule has 0 unspecified atom stereocenters. The van der Waals surface area contributed by atoms with Crippen molar-refractivity contribution in [2.45, 2.75) is 38.8 Å². The number of nitrogens with one attached hydrogen (secondary N) is 2. The van der Waals surface area contributed by atoms with Crippen LogP contribution < -0.4 is 10.6 Å². The summed E-state index contributed by atoms with van der Waals surface area (Å²) in [7, 11) is 1.74. The number of aryl methyl sites for hydroxylation is 1. The molecule has 0 amide bonds. The lowest BCUT2D eigenvalue weighted by atomic mass is 10.0. The smallest absolute Gasteiger partial charge is 0.191 e. The van der Waals surface area contributed by atoms with E-state index in [1.807, 2.05) is 0 Å². The first kappa shape index (κ1) is 21.2. The molecule has 0 bridgehead atoms. The maximum atomic E-state index is 13.7. The van der Waals surface area contributed by atoms with Crippen LogP contribution in [0.2, 0.25) is 0 Å². The summed E-state index contributed by atoms with van der Waals surface area (Å²) in [5.74, 6) is -0.328. The summed E-state index contributed by atoms with van der Waals surface area (Å²) in [6, 6.07) is 12.6. The molecule has 1 aliphatic heterocycles. The van der Waals surface area contributed by atoms with Gasteiger partial charge in [-0.1, -0.05) is 30.3 Å². The summed E-state index contributed by atoms with van der Waals surface area (Å²) in [4.78, 5) is 6.77. The zero-order valence-corrected chi connectivity index (χ0v) is 17.2. The van der Waals surface area contributed by atoms with Crippen LogP contribution in [0.3, 0.4) is 0 Å². The van der Waals surface area contributed by atoms with Gasteiger partial charge in [0.15, 0.2) is 5.96 Å². The highest BCUT2D eigenvalue weighted by Crippen LogP contribution is 2.16. The molecule has 0 atom stereocenters. The molecule has 0 spiro atoms. The number of hydrogen-bond acceptors (Lipinski definition) is 2. The average molecular weight is 401 g/mol. The number of guanidine groups is 1. The van der Waals surface area contributed by atoms with Crippen LogP contribution >= 0.6 is 0 Å². The molecule has 6 heteroatoms. The van der Waals surface area contributed by atoms with Gasteiger partial charge in [0.2, 0.25) is 0 Å². The second kappa shape index (κ2) is 10.3. The van der Waals surface area contributed by atoms with E-state index in [4.69, 9.17) is 0 Å². The first-order valence-corrected chi connectivity index (χ1v) is 10.2. The van der Waals surface area contributed by atoms with Crippen LogP contribution in [0, 0.1) is 18.6 Å². The van der Waals surface area contributed by atoms with Gasteiger partial charge >= 0.3 is 0 Å². The van der Waals surface area contributed by atoms with Gasteiger partial charge in [-0.3, -0.25) is 9.89 Å². The molecule has 0 radical (unpaired) electrons. The molecule has 2 aromatic rings. The first-order chi connectivity index (χ1) is 14.0. The van der Waals surface area contributed by atoms with Crippen molar-refractivity contribution in [3.8, 4) is 0 Å². The van der Waals surface area contributed by atoms with Crippen LogP contribution in [-0.2, 0) is 13.0 Å². The predicted octanol–water partition coefficient (Wildman–Crippen LogP) is 3.65. The average Bonchev–Trinajstić information content (AvgIpc) is 2.72. The Hall–Kier alpha value is -2.47. The van der Waals surface area contributed by atoms with Crippen molar-refractivity contribution in [3.05, 3.63) is 70.8 Å². The third kappa shape index (κ3) is 6.26. The Labute approximate surface area is 172 Å². The molecule has 2 N–H and O–H groups in total. The monoisotopic (exact) mass is 400 g/mol. The SMILES string of the molecule is CN=C(NCCc1ccc(F)cc1F)NC1CCN(Cc2ccccc2C)CC1. The molecule has 0 aliphatic carbocycles. The third-order valence-electron chi connectivity index (χ3n) is 5.51. The van der Waals surface area contributed by atoms with Crippen molar-refractivity contribution in [3.63, 3.8) is 0 Å². The van der Waals surface area contributed by atoms with E-state index in [1.54, 1.807) is 7.05 Å². The largest absolute Gasteiger partial charge is 0.356 e. The number of hydrogen-bond donors (Lipinski definition) is 2. The van der Waals surface area contributed by atoms with Gasteiger partial charge in [-0.15, -0.1) is 0 Å². The molecule has 29 heavy (non-hydrogen) atoms. The lowest BCUT2D eigenvalue weighted by Gasteiger charge is -2.33. The topological polar surface area (TPSA) is 39.7 Å². The Balaban J connectivity index is 1.41. The van der Waals surface area contributed by atoms with Gasteiger partial charge in [0.05, 0.1) is 0 Å². The Kier molecular flexibility index (Phi) is 7.58. The number of rotatable bonds is 6. The van der Waals surface area contributed by atoms with Crippen LogP contribution in [-0.4, -0.2) is 43.6 Å². The molecule has 0 saturated carbocycles. The zero-order chi connectivity index (χ0) is 20.6. The number of nitrogens with zero attached hydrogens (tertiary/aromatic N) is 2. The van der Waals surface area contributed by atoms with E-state index in [2.05, 4.69) is 51.7 Å². The molecular formula is C23H30F2N4. The van der Waals surface area contributed by atoms with Crippen LogP contribution in [0.1, 0.15) is 29.5 Å². The van der Waals surface area contributed by atoms with Gasteiger partial charge in [0.1, 0.15) is 11.6 Å². The third-order valence-corrected chi connectivity index (χ3v) is 5.51. The first-order valence-electron chi connectivity index (χ1n) is 10.2. The lowest BCUT2D eigenvalue weighted by molar-refractivity contribution is 0.198. The van der Waals surface area contributed by atoms with Crippen molar-refractivity contribution < 1.29 is 8.78 Å². The number of benzene rings is 2. The maximum Gasteiger partial charge on any atom is 0.191 e. The number of piperidine rings is 1. The Morgan fingerprint density at radius 1 is 1.10 bits per heavy atom. The fraction of sp³-hybridized carbons (Fsp3) is 0.435. The molecule has 3 rings (SSSR count). The molecule has 2 aromatic carbocycles. The minimum atomic E-state index is -0.551. The summed E-state index contributed by atoms with van der Waals surface area (Å²) in [6.45, 7) is 5.79. The zero-order valence-electron chi connectivity index (χ0n) is 17.2. The van der Waals surface area contributed by atoms with Crippen LogP contribution in [0.4, 0.5) is 8.78 Å². The van der Waals surface area contributed by atoms with E-state index in [-0.39, 0.29) is 0 Å². The summed E-state index contributed by atoms with van der Waals surface area (Å²) < 4.78 is 26.7. The normalized spacial score (nSPS) is 16.1. The molecule has 4 nitrogen and oxygen atoms in total. The summed E-state index contributed by atoms with van der Waals surface area (Å²) >= 11 is 0. The number of halogens is 2. The maximum absolute atomic E-state index is 13.7. The standard InChI is InChI=1S/C23H30F2N4/c1-17-5-3-4-6-19(17)16-29-13-10-21(11-14-29)28-23(26-2)27-12-9-18-7-8-20(24)15-22(18)25/h3-8,15,21H,9-14,16H2,1-2H3,(H2,26,27,28). The van der Waals surface area contributed by atoms with E-state index < -0.39 is 11.6 Å². The quantitative estimate of drug-likeness (QED) is 0.574. The van der Waals surface area contributed by atoms with Gasteiger partial charge in [-0.2, -0.15) is 0 Å². The van der Waals surface area contributed by atoms with Crippen molar-refractivity contribution in [1.82, 2.24) is 15.5 Å². The number of aliphatic imine (C=N–C) groups is 1. The van der Waals surface area contributed by atoms with E-state index in [0.29, 0.717) is 24.6 Å². The Bertz CT molecular complexity index is 829. The highest BCUT2D eigenvalue weighted by Gasteiger charge is 2.20. The molecule has 1 aliphatic rings. The van der Waals surface area contributed by atoms with Crippen LogP contribution in [0.25, 0.3) is 0 Å². The summed E-state index contributed by atoms with van der Waals surface area (Å²) in [6.07, 6.45) is 2.58. The van der Waals surface area contributed by atoms with E-state index >= 15 is 0 Å². The number of likely N-dealkylation sites (tertiary alicyclic amines) is 1. The molecule has 1 heterocycles. The van der Waals surface area contributed by atoms with Gasteiger partial charge in [0.25, 0.3) is 0 Å². The second-order valence-corrected chi connectivity index (χ2v) is 7.61. The van der Waals surface area contributed by atoms with E-state index in [9.17, 15) is 8.78 Å². The van der Waals surface area contributed by atoms with E-state index in [1.165, 1.54) is 23.3 Å². The van der Waals surface area contributed by atoms with Crippen molar-refractivity contribution in [1.29, 1.82) is 0 Å². The van der Waals surface area contributed by atoms with Crippen molar-refractivity contribution in [2.24, 2.45) is 4.99 Å². The molecule has 1 fully saturated rings. The minimum Gasteiger partial charge on any atom is -0.356 e. The van der Waals surface area contributed by atoms with Crippen molar-refractivity contribution in [2.75, 3.05) is 26.7 Å². The van der Waals surface area contributed by atoms with Crippen molar-refractivity contribution >= 4 is 5.96 Å². The fourth-order valence-electron chi connectivity index (χ4n) is 3.69. The van der Waals surface area contributed by atoms with Gasteiger partial charge in [0, 0.05) is 45.3 Å². The van der Waals surface area contributed by atoms with E-state index in [0.717, 1.165) is 44.5 Å². The van der Waals surface area contributed by atoms with Gasteiger partial charge in [-0.05, 0) is 48.9 Å². The lowest BCUT2D eigenvalue weighted by Crippen LogP contribution is -2.48. The predicted molar refractivity (Wildman–Crippen MR) is 114 cm³/mol. The summed E-state index contributed by atoms with van der Waals surface area (Å²) in [5, 5.41) is 6.70. The Morgan fingerprint density at radius 3 is 2.55 bits per heavy atom. The molecule has 1 saturated heterocycles. The summed E-state index contributed by atoms with van der Waals surface area (Å²) in [5.41, 5.74) is 3.23. The minimum absolute atomic E-state index is 0.372. The highest BCUT2D eigenvalue weighted by atomic mass is 19.1. The van der Waals surface area contributed by atoms with Crippen LogP contribution in [0.5, 0.6) is 0 Å². The Morgan fingerprint density at radius 2 is 1.86 bits per heavy atom. The second-order valence-electron chi connectivity index (χ2n) is 7.61. The van der Waals surface area contributed by atoms with Gasteiger partial charge in [-0.25, -0.2) is 8.78 Å². The molecule has 156 valence electrons. The van der Waals surface area contributed by atoms with Gasteiger partial charge < -0.3 is 10.6 Å². The fourth-order valence-corrected chi connectivity index (χ4v) is 3.69. The highest BCUT2D eigenvalue weighted by molar-refractivity contribution is 5.79. The van der Waals surface area contributed by atoms with Crippen LogP contribution in [0.15, 0.2) is 47.5 Å². The molecular weight excluding hydrogens is 370 g/mol. The molecule has 0 aromatic heterocycles.